The van der Waals surface area contributed by atoms with Gasteiger partial charge in [-0.05, 0) is 24.3 Å². The van der Waals surface area contributed by atoms with Crippen molar-refractivity contribution in [3.63, 3.8) is 0 Å². The van der Waals surface area contributed by atoms with Gasteiger partial charge in [0.2, 0.25) is 0 Å². The second-order valence-electron chi connectivity index (χ2n) is 3.60. The number of halogens is 1. The number of anilines is 1. The minimum atomic E-state index is 0.241. The number of nitrogens with zero attached hydrogens (tertiary/aromatic N) is 2. The van der Waals surface area contributed by atoms with Crippen molar-refractivity contribution in [3.8, 4) is 0 Å². The number of aliphatic imine (C=N–C) groups is 1. The van der Waals surface area contributed by atoms with Gasteiger partial charge in [0, 0.05) is 24.3 Å². The Bertz CT molecular complexity index is 350. The van der Waals surface area contributed by atoms with Crippen molar-refractivity contribution >= 4 is 23.7 Å². The normalized spacial score (nSPS) is 18.9. The Morgan fingerprint density at radius 1 is 1.47 bits per heavy atom. The minimum Gasteiger partial charge on any atom is -0.481 e. The molecule has 15 heavy (non-hydrogen) atoms. The van der Waals surface area contributed by atoms with E-state index in [-0.39, 0.29) is 6.04 Å². The molecule has 0 saturated heterocycles. The molecule has 1 aromatic rings. The number of hydrogen-bond acceptors (Lipinski definition) is 3. The minimum absolute atomic E-state index is 0.241. The lowest BCUT2D eigenvalue weighted by molar-refractivity contribution is 0.329. The van der Waals surface area contributed by atoms with Crippen molar-refractivity contribution in [2.45, 2.75) is 6.04 Å². The Balaban J connectivity index is 1.97. The fourth-order valence-corrected chi connectivity index (χ4v) is 1.67. The maximum atomic E-state index is 5.82. The molecule has 0 saturated carbocycles. The summed E-state index contributed by atoms with van der Waals surface area (Å²) in [6, 6.07) is 8.03. The Morgan fingerprint density at radius 3 is 2.80 bits per heavy atom. The molecule has 0 spiro atoms. The molecule has 0 aliphatic carbocycles. The van der Waals surface area contributed by atoms with Crippen molar-refractivity contribution < 1.29 is 4.74 Å². The van der Waals surface area contributed by atoms with Gasteiger partial charge in [0.15, 0.2) is 6.40 Å². The van der Waals surface area contributed by atoms with Gasteiger partial charge in [-0.15, -0.1) is 0 Å². The van der Waals surface area contributed by atoms with Crippen LogP contribution in [-0.2, 0) is 4.74 Å². The highest BCUT2D eigenvalue weighted by Crippen LogP contribution is 2.17. The number of benzene rings is 1. The van der Waals surface area contributed by atoms with E-state index in [9.17, 15) is 0 Å². The maximum Gasteiger partial charge on any atom is 0.169 e. The van der Waals surface area contributed by atoms with E-state index in [1.807, 2.05) is 31.3 Å². The Morgan fingerprint density at radius 2 is 2.20 bits per heavy atom. The van der Waals surface area contributed by atoms with Crippen LogP contribution in [0.1, 0.15) is 0 Å². The standard InChI is InChI=1S/C11H13ClN2O/c1-14(6-10-7-15-8-13-10)11-4-2-9(12)3-5-11/h2-5,8,10H,6-7H2,1H3. The van der Waals surface area contributed by atoms with Gasteiger partial charge >= 0.3 is 0 Å². The molecule has 0 radical (unpaired) electrons. The molecule has 1 unspecified atom stereocenters. The molecule has 80 valence electrons. The lowest BCUT2D eigenvalue weighted by atomic mass is 10.2. The molecule has 1 aliphatic rings. The van der Waals surface area contributed by atoms with E-state index in [1.165, 1.54) is 6.40 Å². The highest BCUT2D eigenvalue weighted by molar-refractivity contribution is 6.30. The molecule has 1 atom stereocenters. The predicted molar refractivity (Wildman–Crippen MR) is 63.0 cm³/mol. The van der Waals surface area contributed by atoms with Crippen LogP contribution in [0.15, 0.2) is 29.3 Å². The number of ether oxygens (including phenoxy) is 1. The zero-order valence-electron chi connectivity index (χ0n) is 8.56. The van der Waals surface area contributed by atoms with Crippen LogP contribution in [0, 0.1) is 0 Å². The molecule has 0 N–H and O–H groups in total. The van der Waals surface area contributed by atoms with E-state index in [1.54, 1.807) is 0 Å². The van der Waals surface area contributed by atoms with Crippen molar-refractivity contribution in [2.24, 2.45) is 4.99 Å². The van der Waals surface area contributed by atoms with Gasteiger partial charge in [-0.1, -0.05) is 11.6 Å². The van der Waals surface area contributed by atoms with Crippen LogP contribution in [0.2, 0.25) is 5.02 Å². The molecule has 0 aromatic heterocycles. The molecule has 1 aromatic carbocycles. The van der Waals surface area contributed by atoms with Crippen molar-refractivity contribution in [3.05, 3.63) is 29.3 Å². The zero-order valence-corrected chi connectivity index (χ0v) is 9.31. The molecule has 0 fully saturated rings. The summed E-state index contributed by atoms with van der Waals surface area (Å²) in [4.78, 5) is 6.35. The third-order valence-corrected chi connectivity index (χ3v) is 2.64. The van der Waals surface area contributed by atoms with E-state index in [0.29, 0.717) is 6.61 Å². The lowest BCUT2D eigenvalue weighted by Gasteiger charge is -2.21. The van der Waals surface area contributed by atoms with Crippen LogP contribution in [0.25, 0.3) is 0 Å². The summed E-state index contributed by atoms with van der Waals surface area (Å²) >= 11 is 5.82. The molecular weight excluding hydrogens is 212 g/mol. The van der Waals surface area contributed by atoms with Gasteiger partial charge < -0.3 is 9.64 Å². The van der Waals surface area contributed by atoms with Gasteiger partial charge in [-0.3, -0.25) is 0 Å². The summed E-state index contributed by atoms with van der Waals surface area (Å²) in [6.07, 6.45) is 1.53. The summed E-state index contributed by atoms with van der Waals surface area (Å²) in [6.45, 7) is 1.54. The SMILES string of the molecule is CN(CC1COC=N1)c1ccc(Cl)cc1. The second kappa shape index (κ2) is 4.53. The summed E-state index contributed by atoms with van der Waals surface area (Å²) in [5, 5.41) is 0.759. The highest BCUT2D eigenvalue weighted by atomic mass is 35.5. The predicted octanol–water partition coefficient (Wildman–Crippen LogP) is 2.20. The van der Waals surface area contributed by atoms with Gasteiger partial charge in [-0.2, -0.15) is 0 Å². The van der Waals surface area contributed by atoms with Crippen LogP contribution in [0.5, 0.6) is 0 Å². The number of rotatable bonds is 3. The van der Waals surface area contributed by atoms with E-state index >= 15 is 0 Å². The van der Waals surface area contributed by atoms with Gasteiger partial charge in [-0.25, -0.2) is 4.99 Å². The maximum absolute atomic E-state index is 5.82. The molecule has 1 heterocycles. The summed E-state index contributed by atoms with van der Waals surface area (Å²) in [5.74, 6) is 0. The van der Waals surface area contributed by atoms with Gasteiger partial charge in [0.1, 0.15) is 12.6 Å². The first-order valence-corrected chi connectivity index (χ1v) is 5.23. The van der Waals surface area contributed by atoms with Crippen LogP contribution < -0.4 is 4.90 Å². The Labute approximate surface area is 94.3 Å². The third-order valence-electron chi connectivity index (χ3n) is 2.39. The fourth-order valence-electron chi connectivity index (χ4n) is 1.54. The zero-order chi connectivity index (χ0) is 10.7. The van der Waals surface area contributed by atoms with Crippen molar-refractivity contribution in [1.29, 1.82) is 0 Å². The van der Waals surface area contributed by atoms with Gasteiger partial charge in [0.25, 0.3) is 0 Å². The molecule has 4 heteroatoms. The Kier molecular flexibility index (Phi) is 3.11. The quantitative estimate of drug-likeness (QED) is 0.787. The Hall–Kier alpha value is -1.22. The smallest absolute Gasteiger partial charge is 0.169 e. The summed E-state index contributed by atoms with van der Waals surface area (Å²) in [5.41, 5.74) is 1.14. The average Bonchev–Trinajstić information content (AvgIpc) is 2.71. The fraction of sp³-hybridized carbons (Fsp3) is 0.364. The summed E-state index contributed by atoms with van der Waals surface area (Å²) < 4.78 is 5.07. The van der Waals surface area contributed by atoms with Gasteiger partial charge in [0.05, 0.1) is 0 Å². The van der Waals surface area contributed by atoms with Crippen LogP contribution in [0.4, 0.5) is 5.69 Å². The first kappa shape index (κ1) is 10.3. The monoisotopic (exact) mass is 224 g/mol. The summed E-state index contributed by atoms with van der Waals surface area (Å²) in [7, 11) is 2.04. The molecular formula is C11H13ClN2O. The first-order valence-electron chi connectivity index (χ1n) is 4.85. The molecule has 0 amide bonds. The topological polar surface area (TPSA) is 24.8 Å². The number of likely N-dealkylation sites (N-methyl/N-ethyl adjacent to an activating group) is 1. The van der Waals surface area contributed by atoms with E-state index in [2.05, 4.69) is 9.89 Å². The molecule has 1 aliphatic heterocycles. The van der Waals surface area contributed by atoms with Crippen LogP contribution in [-0.4, -0.2) is 32.6 Å². The van der Waals surface area contributed by atoms with E-state index in [4.69, 9.17) is 16.3 Å². The number of hydrogen-bond donors (Lipinski definition) is 0. The second-order valence-corrected chi connectivity index (χ2v) is 4.04. The van der Waals surface area contributed by atoms with Crippen molar-refractivity contribution in [1.82, 2.24) is 0 Å². The van der Waals surface area contributed by atoms with E-state index < -0.39 is 0 Å². The third kappa shape index (κ3) is 2.63. The molecule has 2 rings (SSSR count). The van der Waals surface area contributed by atoms with Crippen LogP contribution >= 0.6 is 11.6 Å². The lowest BCUT2D eigenvalue weighted by Crippen LogP contribution is -2.28. The molecule has 0 bridgehead atoms. The van der Waals surface area contributed by atoms with Crippen LogP contribution in [0.3, 0.4) is 0 Å². The highest BCUT2D eigenvalue weighted by Gasteiger charge is 2.14. The van der Waals surface area contributed by atoms with E-state index in [0.717, 1.165) is 17.3 Å². The van der Waals surface area contributed by atoms with Crippen molar-refractivity contribution in [2.75, 3.05) is 25.1 Å². The largest absolute Gasteiger partial charge is 0.481 e. The molecule has 3 nitrogen and oxygen atoms in total. The first-order chi connectivity index (χ1) is 7.25. The average molecular weight is 225 g/mol.